The Balaban J connectivity index is 1.76. The summed E-state index contributed by atoms with van der Waals surface area (Å²) in [5, 5.41) is 2.92. The van der Waals surface area contributed by atoms with Crippen molar-refractivity contribution in [1.29, 1.82) is 0 Å². The molecule has 3 aromatic rings. The fourth-order valence-electron chi connectivity index (χ4n) is 2.86. The minimum absolute atomic E-state index is 0.194. The third kappa shape index (κ3) is 5.40. The molecule has 0 heterocycles. The van der Waals surface area contributed by atoms with Crippen molar-refractivity contribution in [2.75, 3.05) is 22.1 Å². The quantitative estimate of drug-likeness (QED) is 0.560. The van der Waals surface area contributed by atoms with Gasteiger partial charge in [0.25, 0.3) is 5.91 Å². The first-order valence-electron chi connectivity index (χ1n) is 8.94. The lowest BCUT2D eigenvalue weighted by molar-refractivity contribution is 0.102. The van der Waals surface area contributed by atoms with Crippen LogP contribution in [0.5, 0.6) is 0 Å². The van der Waals surface area contributed by atoms with E-state index in [9.17, 15) is 13.2 Å². The first-order valence-corrected chi connectivity index (χ1v) is 12.0. The molecule has 1 amide bonds. The van der Waals surface area contributed by atoms with Crippen LogP contribution in [0.25, 0.3) is 0 Å². The highest BCUT2D eigenvalue weighted by Crippen LogP contribution is 2.25. The average molecular weight is 427 g/mol. The molecule has 0 bridgehead atoms. The molecule has 0 saturated heterocycles. The summed E-state index contributed by atoms with van der Waals surface area (Å²) < 4.78 is 25.8. The van der Waals surface area contributed by atoms with Gasteiger partial charge in [0.2, 0.25) is 10.0 Å². The molecule has 0 aliphatic heterocycles. The number of thioether (sulfide) groups is 1. The second-order valence-corrected chi connectivity index (χ2v) is 9.21. The van der Waals surface area contributed by atoms with E-state index in [1.807, 2.05) is 36.6 Å². The molecule has 0 aliphatic rings. The van der Waals surface area contributed by atoms with Crippen LogP contribution in [0.1, 0.15) is 15.9 Å². The highest BCUT2D eigenvalue weighted by molar-refractivity contribution is 7.98. The van der Waals surface area contributed by atoms with Crippen LogP contribution in [-0.4, -0.2) is 26.8 Å². The molecule has 0 fully saturated rings. The molecule has 0 aliphatic carbocycles. The molecule has 150 valence electrons. The van der Waals surface area contributed by atoms with E-state index in [0.29, 0.717) is 11.3 Å². The van der Waals surface area contributed by atoms with Crippen LogP contribution < -0.4 is 9.62 Å². The normalized spacial score (nSPS) is 11.1. The zero-order chi connectivity index (χ0) is 20.9. The molecule has 0 radical (unpaired) electrons. The number of anilines is 2. The molecule has 29 heavy (non-hydrogen) atoms. The molecule has 0 saturated carbocycles. The zero-order valence-electron chi connectivity index (χ0n) is 16.2. The molecule has 7 heteroatoms. The van der Waals surface area contributed by atoms with Gasteiger partial charge < -0.3 is 5.32 Å². The van der Waals surface area contributed by atoms with Gasteiger partial charge >= 0.3 is 0 Å². The maximum atomic E-state index is 12.6. The number of carbonyl (C=O) groups excluding carboxylic acids is 1. The van der Waals surface area contributed by atoms with Crippen LogP contribution >= 0.6 is 11.8 Å². The Kier molecular flexibility index (Phi) is 6.61. The Labute approximate surface area is 175 Å². The second kappa shape index (κ2) is 9.15. The molecule has 3 rings (SSSR count). The summed E-state index contributed by atoms with van der Waals surface area (Å²) in [6.07, 6.45) is 3.14. The minimum atomic E-state index is -3.44. The van der Waals surface area contributed by atoms with E-state index in [1.54, 1.807) is 60.3 Å². The van der Waals surface area contributed by atoms with Gasteiger partial charge in [0, 0.05) is 10.5 Å². The number of rotatable bonds is 7. The largest absolute Gasteiger partial charge is 0.321 e. The third-order valence-corrected chi connectivity index (χ3v) is 6.28. The van der Waals surface area contributed by atoms with Crippen molar-refractivity contribution in [2.24, 2.45) is 0 Å². The fraction of sp³-hybridized carbons (Fsp3) is 0.136. The van der Waals surface area contributed by atoms with E-state index in [0.717, 1.165) is 16.1 Å². The highest BCUT2D eigenvalue weighted by atomic mass is 32.2. The monoisotopic (exact) mass is 426 g/mol. The predicted octanol–water partition coefficient (Wildman–Crippen LogP) is 4.63. The van der Waals surface area contributed by atoms with Gasteiger partial charge in [0.05, 0.1) is 24.2 Å². The zero-order valence-corrected chi connectivity index (χ0v) is 17.8. The van der Waals surface area contributed by atoms with Crippen LogP contribution in [0.4, 0.5) is 11.4 Å². The number of amides is 1. The number of nitrogens with zero attached hydrogens (tertiary/aromatic N) is 1. The summed E-state index contributed by atoms with van der Waals surface area (Å²) in [4.78, 5) is 13.6. The fourth-order valence-corrected chi connectivity index (χ4v) is 4.31. The average Bonchev–Trinajstić information content (AvgIpc) is 2.72. The molecule has 0 unspecified atom stereocenters. The standard InChI is InChI=1S/C22H22N2O3S2/c1-28-21-11-7-6-10-20(21)23-22(25)18-14-12-17(13-15-18)16-24(29(2,26)27)19-8-4-3-5-9-19/h3-15H,16H2,1-2H3,(H,23,25). The van der Waals surface area contributed by atoms with Crippen molar-refractivity contribution in [1.82, 2.24) is 0 Å². The number of sulfonamides is 1. The van der Waals surface area contributed by atoms with E-state index < -0.39 is 10.0 Å². The highest BCUT2D eigenvalue weighted by Gasteiger charge is 2.18. The van der Waals surface area contributed by atoms with Gasteiger partial charge in [0.15, 0.2) is 0 Å². The van der Waals surface area contributed by atoms with Gasteiger partial charge in [0.1, 0.15) is 0 Å². The van der Waals surface area contributed by atoms with Crippen LogP contribution in [0, 0.1) is 0 Å². The van der Waals surface area contributed by atoms with Gasteiger partial charge in [-0.05, 0) is 48.2 Å². The summed E-state index contributed by atoms with van der Waals surface area (Å²) >= 11 is 1.56. The Morgan fingerprint density at radius 3 is 2.17 bits per heavy atom. The maximum absolute atomic E-state index is 12.6. The molecular weight excluding hydrogens is 404 g/mol. The summed E-state index contributed by atoms with van der Waals surface area (Å²) in [5.41, 5.74) is 2.67. The molecule has 0 atom stereocenters. The van der Waals surface area contributed by atoms with E-state index in [1.165, 1.54) is 10.6 Å². The molecule has 0 spiro atoms. The van der Waals surface area contributed by atoms with Gasteiger partial charge in [-0.15, -0.1) is 11.8 Å². The minimum Gasteiger partial charge on any atom is -0.321 e. The Hall–Kier alpha value is -2.77. The number of nitrogens with one attached hydrogen (secondary N) is 1. The van der Waals surface area contributed by atoms with E-state index in [2.05, 4.69) is 5.32 Å². The lowest BCUT2D eigenvalue weighted by atomic mass is 10.1. The maximum Gasteiger partial charge on any atom is 0.255 e. The van der Waals surface area contributed by atoms with Crippen LogP contribution in [0.15, 0.2) is 83.8 Å². The number of hydrogen-bond donors (Lipinski definition) is 1. The van der Waals surface area contributed by atoms with E-state index >= 15 is 0 Å². The predicted molar refractivity (Wildman–Crippen MR) is 120 cm³/mol. The Morgan fingerprint density at radius 2 is 1.55 bits per heavy atom. The second-order valence-electron chi connectivity index (χ2n) is 6.46. The van der Waals surface area contributed by atoms with E-state index in [-0.39, 0.29) is 12.5 Å². The smallest absolute Gasteiger partial charge is 0.255 e. The molecule has 3 aromatic carbocycles. The molecule has 5 nitrogen and oxygen atoms in total. The van der Waals surface area contributed by atoms with Gasteiger partial charge in [-0.1, -0.05) is 42.5 Å². The molecule has 1 N–H and O–H groups in total. The molecular formula is C22H22N2O3S2. The Bertz CT molecular complexity index is 1080. The van der Waals surface area contributed by atoms with Crippen LogP contribution in [0.2, 0.25) is 0 Å². The third-order valence-electron chi connectivity index (χ3n) is 4.34. The first kappa shape index (κ1) is 21.0. The lowest BCUT2D eigenvalue weighted by Crippen LogP contribution is -2.29. The number of benzene rings is 3. The van der Waals surface area contributed by atoms with Crippen molar-refractivity contribution >= 4 is 39.1 Å². The van der Waals surface area contributed by atoms with Crippen molar-refractivity contribution in [3.05, 3.63) is 90.0 Å². The van der Waals surface area contributed by atoms with Crippen LogP contribution in [-0.2, 0) is 16.6 Å². The number of carbonyl (C=O) groups is 1. The number of para-hydroxylation sites is 2. The summed E-state index contributed by atoms with van der Waals surface area (Å²) in [5.74, 6) is -0.207. The van der Waals surface area contributed by atoms with Crippen molar-refractivity contribution in [2.45, 2.75) is 11.4 Å². The lowest BCUT2D eigenvalue weighted by Gasteiger charge is -2.22. The van der Waals surface area contributed by atoms with Gasteiger partial charge in [-0.25, -0.2) is 8.42 Å². The van der Waals surface area contributed by atoms with Crippen molar-refractivity contribution < 1.29 is 13.2 Å². The summed E-state index contributed by atoms with van der Waals surface area (Å²) in [6, 6.07) is 23.5. The number of hydrogen-bond acceptors (Lipinski definition) is 4. The SMILES string of the molecule is CSc1ccccc1NC(=O)c1ccc(CN(c2ccccc2)S(C)(=O)=O)cc1. The first-order chi connectivity index (χ1) is 13.9. The summed E-state index contributed by atoms with van der Waals surface area (Å²) in [7, 11) is -3.44. The topological polar surface area (TPSA) is 66.5 Å². The van der Waals surface area contributed by atoms with E-state index in [4.69, 9.17) is 0 Å². The van der Waals surface area contributed by atoms with Gasteiger partial charge in [-0.3, -0.25) is 9.10 Å². The van der Waals surface area contributed by atoms with Gasteiger partial charge in [-0.2, -0.15) is 0 Å². The van der Waals surface area contributed by atoms with Crippen molar-refractivity contribution in [3.8, 4) is 0 Å². The molecule has 0 aromatic heterocycles. The van der Waals surface area contributed by atoms with Crippen LogP contribution in [0.3, 0.4) is 0 Å². The summed E-state index contributed by atoms with van der Waals surface area (Å²) in [6.45, 7) is 0.194. The Morgan fingerprint density at radius 1 is 0.931 bits per heavy atom. The van der Waals surface area contributed by atoms with Crippen molar-refractivity contribution in [3.63, 3.8) is 0 Å².